The van der Waals surface area contributed by atoms with Crippen molar-refractivity contribution in [2.24, 2.45) is 5.41 Å². The van der Waals surface area contributed by atoms with Crippen molar-refractivity contribution in [3.05, 3.63) is 76.9 Å². The zero-order valence-corrected chi connectivity index (χ0v) is 21.3. The predicted octanol–water partition coefficient (Wildman–Crippen LogP) is 7.75. The fraction of sp³-hybridized carbons (Fsp3) is 0.385. The van der Waals surface area contributed by atoms with Crippen LogP contribution in [0.15, 0.2) is 60.2 Å². The first-order chi connectivity index (χ1) is 13.1. The molecule has 0 aromatic heterocycles. The van der Waals surface area contributed by atoms with Crippen LogP contribution in [0.1, 0.15) is 48.1 Å². The molecule has 4 rings (SSSR count). The Balaban J connectivity index is 1.92. The van der Waals surface area contributed by atoms with Gasteiger partial charge in [0.05, 0.1) is 0 Å². The summed E-state index contributed by atoms with van der Waals surface area (Å²) in [5.74, 6) is 0. The van der Waals surface area contributed by atoms with E-state index in [0.717, 1.165) is 6.42 Å². The molecule has 1 unspecified atom stereocenters. The molecule has 2 aliphatic rings. The number of fused-ring (bicyclic) bond motifs is 3. The average molecular weight is 423 g/mol. The number of hydrogen-bond donors (Lipinski definition) is 0. The van der Waals surface area contributed by atoms with Crippen LogP contribution >= 0.6 is 0 Å². The number of rotatable bonds is 3. The molecule has 0 saturated carbocycles. The van der Waals surface area contributed by atoms with Crippen molar-refractivity contribution >= 4 is 12.2 Å². The van der Waals surface area contributed by atoms with Crippen molar-refractivity contribution in [3.63, 3.8) is 0 Å². The summed E-state index contributed by atoms with van der Waals surface area (Å²) in [4.78, 5) is 0. The molecule has 0 heterocycles. The summed E-state index contributed by atoms with van der Waals surface area (Å²) in [6.45, 7) is 11.5. The molecule has 2 heteroatoms. The molecule has 2 aromatic carbocycles. The van der Waals surface area contributed by atoms with Crippen LogP contribution in [0.3, 0.4) is 0 Å². The van der Waals surface area contributed by atoms with E-state index in [1.165, 1.54) is 27.8 Å². The zero-order valence-electron chi connectivity index (χ0n) is 18.6. The SMILES string of the molecule is C[SiH](C)[Ti]([CH3])([CH3])[CH]1c2ccccc2-c2cccc(C3=CC(C(C)(C)C)=CC3)c21. The molecule has 0 saturated heterocycles. The van der Waals surface area contributed by atoms with Gasteiger partial charge in [-0.05, 0) is 0 Å². The summed E-state index contributed by atoms with van der Waals surface area (Å²) >= 11 is -1.99. The van der Waals surface area contributed by atoms with E-state index in [1.807, 2.05) is 0 Å². The van der Waals surface area contributed by atoms with E-state index < -0.39 is 22.5 Å². The Morgan fingerprint density at radius 3 is 2.18 bits per heavy atom. The third-order valence-corrected chi connectivity index (χ3v) is 28.8. The Kier molecular flexibility index (Phi) is 5.01. The third kappa shape index (κ3) is 3.16. The molecule has 0 aliphatic heterocycles. The Morgan fingerprint density at radius 2 is 1.54 bits per heavy atom. The average Bonchev–Trinajstić information content (AvgIpc) is 3.24. The van der Waals surface area contributed by atoms with Crippen molar-refractivity contribution in [3.8, 4) is 11.1 Å². The first-order valence-electron chi connectivity index (χ1n) is 10.8. The molecule has 146 valence electrons. The van der Waals surface area contributed by atoms with Gasteiger partial charge in [0.1, 0.15) is 0 Å². The fourth-order valence-corrected chi connectivity index (χ4v) is 13.4. The predicted molar refractivity (Wildman–Crippen MR) is 124 cm³/mol. The summed E-state index contributed by atoms with van der Waals surface area (Å²) in [5.41, 5.74) is 11.1. The van der Waals surface area contributed by atoms with Crippen LogP contribution in [0.4, 0.5) is 0 Å². The van der Waals surface area contributed by atoms with E-state index in [4.69, 9.17) is 0 Å². The third-order valence-electron chi connectivity index (χ3n) is 7.27. The van der Waals surface area contributed by atoms with E-state index in [-0.39, 0.29) is 5.41 Å². The minimum atomic E-state index is -1.99. The van der Waals surface area contributed by atoms with Gasteiger partial charge in [-0.1, -0.05) is 0 Å². The van der Waals surface area contributed by atoms with Crippen LogP contribution in [0.2, 0.25) is 23.6 Å². The van der Waals surface area contributed by atoms with Crippen molar-refractivity contribution < 1.29 is 15.8 Å². The first kappa shape index (κ1) is 20.1. The maximum atomic E-state index is 2.70. The summed E-state index contributed by atoms with van der Waals surface area (Å²) in [6.07, 6.45) is 6.02. The molecule has 2 aliphatic carbocycles. The molecule has 0 fully saturated rings. The molecular weight excluding hydrogens is 388 g/mol. The molecule has 0 spiro atoms. The molecule has 0 amide bonds. The van der Waals surface area contributed by atoms with Crippen LogP contribution in [0, 0.1) is 5.41 Å². The molecule has 0 N–H and O–H groups in total. The Hall–Kier alpha value is -1.15. The monoisotopic (exact) mass is 422 g/mol. The normalized spacial score (nSPS) is 18.8. The van der Waals surface area contributed by atoms with Gasteiger partial charge in [0.25, 0.3) is 0 Å². The van der Waals surface area contributed by atoms with E-state index in [2.05, 4.69) is 98.9 Å². The number of hydrogen-bond acceptors (Lipinski definition) is 0. The Morgan fingerprint density at radius 1 is 0.893 bits per heavy atom. The first-order valence-corrected chi connectivity index (χ1v) is 20.4. The maximum absolute atomic E-state index is 2.70. The Labute approximate surface area is 175 Å². The Bertz CT molecular complexity index is 986. The van der Waals surface area contributed by atoms with Gasteiger partial charge in [-0.25, -0.2) is 0 Å². The van der Waals surface area contributed by atoms with Gasteiger partial charge < -0.3 is 0 Å². The van der Waals surface area contributed by atoms with E-state index >= 15 is 0 Å². The zero-order chi connectivity index (χ0) is 20.3. The van der Waals surface area contributed by atoms with Crippen molar-refractivity contribution in [2.45, 2.75) is 55.0 Å². The van der Waals surface area contributed by atoms with Crippen LogP contribution < -0.4 is 0 Å². The van der Waals surface area contributed by atoms with E-state index in [9.17, 15) is 0 Å². The molecule has 28 heavy (non-hydrogen) atoms. The van der Waals surface area contributed by atoms with Gasteiger partial charge in [0.2, 0.25) is 0 Å². The van der Waals surface area contributed by atoms with Gasteiger partial charge >= 0.3 is 176 Å². The molecule has 0 nitrogen and oxygen atoms in total. The summed E-state index contributed by atoms with van der Waals surface area (Å²) in [6, 6.07) is 16.3. The summed E-state index contributed by atoms with van der Waals surface area (Å²) in [5, 5.41) is 5.40. The quantitative estimate of drug-likeness (QED) is 0.444. The molecule has 0 radical (unpaired) electrons. The van der Waals surface area contributed by atoms with Crippen LogP contribution in [0.25, 0.3) is 16.7 Å². The van der Waals surface area contributed by atoms with Crippen LogP contribution in [-0.2, 0) is 15.8 Å². The second kappa shape index (κ2) is 6.97. The second-order valence-electron chi connectivity index (χ2n) is 10.5. The topological polar surface area (TPSA) is 0 Å². The van der Waals surface area contributed by atoms with Gasteiger partial charge in [-0.3, -0.25) is 0 Å². The van der Waals surface area contributed by atoms with E-state index in [0.29, 0.717) is 4.22 Å². The fourth-order valence-electron chi connectivity index (χ4n) is 4.88. The van der Waals surface area contributed by atoms with Gasteiger partial charge in [-0.2, -0.15) is 0 Å². The van der Waals surface area contributed by atoms with Gasteiger partial charge in [0.15, 0.2) is 0 Å². The number of benzene rings is 2. The molecule has 0 bridgehead atoms. The second-order valence-corrected chi connectivity index (χ2v) is 31.0. The van der Waals surface area contributed by atoms with Gasteiger partial charge in [0, 0.05) is 0 Å². The van der Waals surface area contributed by atoms with Crippen molar-refractivity contribution in [1.82, 2.24) is 0 Å². The molecule has 2 aromatic rings. The van der Waals surface area contributed by atoms with Crippen LogP contribution in [-0.4, -0.2) is 6.66 Å². The minimum absolute atomic E-state index is 0.226. The summed E-state index contributed by atoms with van der Waals surface area (Å²) < 4.78 is 0.689. The van der Waals surface area contributed by atoms with Crippen molar-refractivity contribution in [2.75, 3.05) is 0 Å². The summed E-state index contributed by atoms with van der Waals surface area (Å²) in [7, 11) is 0. The number of allylic oxidation sites excluding steroid dienone is 4. The van der Waals surface area contributed by atoms with Crippen LogP contribution in [0.5, 0.6) is 0 Å². The standard InChI is InChI=1S/C22H21.C2H7Si.2CH3.Ti/c1-22(2,3)17-12-11-16(13-17)19-9-6-10-20-18-8-5-4-7-15(18)14-21(19)20;1-3-2;;;/h4-10,12-14H,11H2,1-3H3;3H,1-2H3;2*1H3;. The van der Waals surface area contributed by atoms with Crippen molar-refractivity contribution in [1.29, 1.82) is 0 Å². The molecular formula is C26H34SiTi. The van der Waals surface area contributed by atoms with Gasteiger partial charge in [-0.15, -0.1) is 0 Å². The van der Waals surface area contributed by atoms with E-state index in [1.54, 1.807) is 11.1 Å². The molecule has 1 atom stereocenters.